The fourth-order valence-electron chi connectivity index (χ4n) is 4.60. The number of carbonyl (C=O) groups excluding carboxylic acids is 1. The van der Waals surface area contributed by atoms with E-state index >= 15 is 0 Å². The van der Waals surface area contributed by atoms with Crippen LogP contribution in [0, 0.1) is 12.8 Å². The van der Waals surface area contributed by atoms with Crippen LogP contribution >= 0.6 is 0 Å². The van der Waals surface area contributed by atoms with Crippen LogP contribution in [0.2, 0.25) is 0 Å². The van der Waals surface area contributed by atoms with Crippen LogP contribution in [0.3, 0.4) is 0 Å². The second-order valence-electron chi connectivity index (χ2n) is 9.34. The van der Waals surface area contributed by atoms with Gasteiger partial charge in [0.05, 0.1) is 15.7 Å². The molecule has 2 aliphatic heterocycles. The van der Waals surface area contributed by atoms with Crippen molar-refractivity contribution in [3.63, 3.8) is 0 Å². The van der Waals surface area contributed by atoms with E-state index in [4.69, 9.17) is 0 Å². The topological polar surface area (TPSA) is 104 Å². The van der Waals surface area contributed by atoms with Gasteiger partial charge < -0.3 is 5.32 Å². The van der Waals surface area contributed by atoms with Gasteiger partial charge in [0.15, 0.2) is 0 Å². The quantitative estimate of drug-likeness (QED) is 0.606. The molecule has 0 bridgehead atoms. The van der Waals surface area contributed by atoms with E-state index in [2.05, 4.69) is 5.32 Å². The second-order valence-corrected chi connectivity index (χ2v) is 13.2. The van der Waals surface area contributed by atoms with E-state index in [0.29, 0.717) is 32.5 Å². The lowest BCUT2D eigenvalue weighted by molar-refractivity contribution is -0.126. The molecule has 2 heterocycles. The highest BCUT2D eigenvalue weighted by atomic mass is 32.2. The normalized spacial score (nSPS) is 20.4. The van der Waals surface area contributed by atoms with Crippen LogP contribution in [-0.4, -0.2) is 57.5 Å². The van der Waals surface area contributed by atoms with Crippen LogP contribution in [0.5, 0.6) is 0 Å². The average molecular weight is 520 g/mol. The molecule has 1 atom stereocenters. The first-order chi connectivity index (χ1) is 16.7. The number of aryl methyl sites for hydroxylation is 1. The van der Waals surface area contributed by atoms with Crippen molar-refractivity contribution < 1.29 is 21.6 Å². The smallest absolute Gasteiger partial charge is 0.243 e. The second kappa shape index (κ2) is 10.8. The fraction of sp³-hybridized carbons (Fsp3) is 0.480. The lowest BCUT2D eigenvalue weighted by atomic mass is 9.99. The van der Waals surface area contributed by atoms with Gasteiger partial charge in [0.2, 0.25) is 26.0 Å². The monoisotopic (exact) mass is 519 g/mol. The van der Waals surface area contributed by atoms with Crippen LogP contribution in [0.25, 0.3) is 0 Å². The van der Waals surface area contributed by atoms with Crippen LogP contribution < -0.4 is 5.32 Å². The SMILES string of the molecule is Cc1ccc(S(=O)(=O)N2CCCC(C(=O)NCc3ccc(S(=O)(=O)N4CCCCC4)cc3)C2)cc1. The maximum Gasteiger partial charge on any atom is 0.243 e. The fourth-order valence-corrected chi connectivity index (χ4v) is 7.64. The number of amides is 1. The van der Waals surface area contributed by atoms with Crippen molar-refractivity contribution in [1.29, 1.82) is 0 Å². The molecule has 8 nitrogen and oxygen atoms in total. The van der Waals surface area contributed by atoms with Gasteiger partial charge in [0, 0.05) is 32.7 Å². The number of nitrogens with zero attached hydrogens (tertiary/aromatic N) is 2. The summed E-state index contributed by atoms with van der Waals surface area (Å²) in [5.74, 6) is -0.624. The lowest BCUT2D eigenvalue weighted by Gasteiger charge is -2.31. The first-order valence-corrected chi connectivity index (χ1v) is 15.0. The maximum atomic E-state index is 13.0. The molecule has 2 fully saturated rings. The van der Waals surface area contributed by atoms with Gasteiger partial charge in [-0.15, -0.1) is 0 Å². The summed E-state index contributed by atoms with van der Waals surface area (Å²) < 4.78 is 54.6. The predicted molar refractivity (Wildman–Crippen MR) is 134 cm³/mol. The molecule has 0 radical (unpaired) electrons. The van der Waals surface area contributed by atoms with E-state index in [0.717, 1.165) is 30.4 Å². The molecule has 35 heavy (non-hydrogen) atoms. The Kier molecular flexibility index (Phi) is 7.95. The summed E-state index contributed by atoms with van der Waals surface area (Å²) in [5, 5.41) is 2.89. The summed E-state index contributed by atoms with van der Waals surface area (Å²) in [6.07, 6.45) is 4.06. The van der Waals surface area contributed by atoms with E-state index in [1.807, 2.05) is 6.92 Å². The minimum Gasteiger partial charge on any atom is -0.352 e. The van der Waals surface area contributed by atoms with Gasteiger partial charge in [-0.05, 0) is 62.4 Å². The first-order valence-electron chi connectivity index (χ1n) is 12.1. The number of hydrogen-bond donors (Lipinski definition) is 1. The zero-order chi connectivity index (χ0) is 25.1. The molecule has 190 valence electrons. The number of sulfonamides is 2. The summed E-state index contributed by atoms with van der Waals surface area (Å²) in [5.41, 5.74) is 1.77. The van der Waals surface area contributed by atoms with Gasteiger partial charge in [-0.25, -0.2) is 16.8 Å². The van der Waals surface area contributed by atoms with E-state index < -0.39 is 26.0 Å². The molecular formula is C25H33N3O5S2. The summed E-state index contributed by atoms with van der Waals surface area (Å²) in [4.78, 5) is 13.3. The number of rotatable bonds is 7. The van der Waals surface area contributed by atoms with E-state index in [1.165, 1.54) is 8.61 Å². The third-order valence-electron chi connectivity index (χ3n) is 6.76. The molecule has 0 saturated carbocycles. The largest absolute Gasteiger partial charge is 0.352 e. The Balaban J connectivity index is 1.34. The highest BCUT2D eigenvalue weighted by Gasteiger charge is 2.33. The van der Waals surface area contributed by atoms with Gasteiger partial charge in [0.25, 0.3) is 0 Å². The van der Waals surface area contributed by atoms with Crippen molar-refractivity contribution >= 4 is 26.0 Å². The van der Waals surface area contributed by atoms with Gasteiger partial charge in [0.1, 0.15) is 0 Å². The standard InChI is InChI=1S/C25H33N3O5S2/c1-20-7-11-23(12-8-20)35(32,33)28-17-5-6-22(19-28)25(29)26-18-21-9-13-24(14-10-21)34(30,31)27-15-3-2-4-16-27/h7-14,22H,2-6,15-19H2,1H3,(H,26,29). The Morgan fingerprint density at radius 1 is 0.800 bits per heavy atom. The van der Waals surface area contributed by atoms with Crippen molar-refractivity contribution in [1.82, 2.24) is 13.9 Å². The van der Waals surface area contributed by atoms with Gasteiger partial charge in [-0.1, -0.05) is 36.2 Å². The zero-order valence-electron chi connectivity index (χ0n) is 20.0. The average Bonchev–Trinajstić information content (AvgIpc) is 2.88. The summed E-state index contributed by atoms with van der Waals surface area (Å²) >= 11 is 0. The molecule has 2 aliphatic rings. The first kappa shape index (κ1) is 25.8. The van der Waals surface area contributed by atoms with Crippen LogP contribution in [0.1, 0.15) is 43.2 Å². The molecule has 0 spiro atoms. The number of nitrogens with one attached hydrogen (secondary N) is 1. The van der Waals surface area contributed by atoms with E-state index in [-0.39, 0.29) is 28.8 Å². The van der Waals surface area contributed by atoms with Crippen molar-refractivity contribution in [3.8, 4) is 0 Å². The molecule has 2 aromatic rings. The Morgan fingerprint density at radius 2 is 1.34 bits per heavy atom. The Hall–Kier alpha value is -2.27. The summed E-state index contributed by atoms with van der Waals surface area (Å²) in [6, 6.07) is 13.3. The van der Waals surface area contributed by atoms with Gasteiger partial charge >= 0.3 is 0 Å². The number of carbonyl (C=O) groups is 1. The predicted octanol–water partition coefficient (Wildman–Crippen LogP) is 2.89. The van der Waals surface area contributed by atoms with Gasteiger partial charge in [-0.3, -0.25) is 4.79 Å². The Morgan fingerprint density at radius 3 is 1.97 bits per heavy atom. The third kappa shape index (κ3) is 5.94. The molecule has 2 saturated heterocycles. The number of hydrogen-bond acceptors (Lipinski definition) is 5. The van der Waals surface area contributed by atoms with Crippen LogP contribution in [-0.2, 0) is 31.4 Å². The maximum absolute atomic E-state index is 13.0. The van der Waals surface area contributed by atoms with Crippen molar-refractivity contribution in [2.24, 2.45) is 5.92 Å². The lowest BCUT2D eigenvalue weighted by Crippen LogP contribution is -2.45. The molecule has 1 N–H and O–H groups in total. The number of benzene rings is 2. The molecule has 1 amide bonds. The van der Waals surface area contributed by atoms with E-state index in [9.17, 15) is 21.6 Å². The van der Waals surface area contributed by atoms with E-state index in [1.54, 1.807) is 48.5 Å². The summed E-state index contributed by atoms with van der Waals surface area (Å²) in [7, 11) is -7.14. The van der Waals surface area contributed by atoms with Gasteiger partial charge in [-0.2, -0.15) is 8.61 Å². The zero-order valence-corrected chi connectivity index (χ0v) is 21.7. The van der Waals surface area contributed by atoms with Crippen LogP contribution in [0.15, 0.2) is 58.3 Å². The summed E-state index contributed by atoms with van der Waals surface area (Å²) in [6.45, 7) is 3.81. The molecule has 1 unspecified atom stereocenters. The van der Waals surface area contributed by atoms with Crippen molar-refractivity contribution in [2.75, 3.05) is 26.2 Å². The van der Waals surface area contributed by atoms with Crippen molar-refractivity contribution in [2.45, 2.75) is 55.4 Å². The Bertz CT molecular complexity index is 1240. The van der Waals surface area contributed by atoms with Crippen molar-refractivity contribution in [3.05, 3.63) is 59.7 Å². The number of piperidine rings is 2. The van der Waals surface area contributed by atoms with Crippen LogP contribution in [0.4, 0.5) is 0 Å². The minimum absolute atomic E-state index is 0.148. The molecule has 4 rings (SSSR count). The Labute approximate surface area is 208 Å². The minimum atomic E-state index is -3.65. The molecule has 0 aliphatic carbocycles. The highest BCUT2D eigenvalue weighted by molar-refractivity contribution is 7.89. The highest BCUT2D eigenvalue weighted by Crippen LogP contribution is 2.25. The molecule has 0 aromatic heterocycles. The third-order valence-corrected chi connectivity index (χ3v) is 10.5. The molecule has 10 heteroatoms. The molecule has 2 aromatic carbocycles. The molecular weight excluding hydrogens is 486 g/mol.